The molecule has 2 atom stereocenters. The Morgan fingerprint density at radius 3 is 2.42 bits per heavy atom. The molecule has 0 N–H and O–H groups in total. The van der Waals surface area contributed by atoms with Crippen molar-refractivity contribution in [3.05, 3.63) is 88.8 Å². The maximum Gasteiger partial charge on any atom is 0.254 e. The molecular formula is C32H33N3O3. The molecule has 1 amide bonds. The van der Waals surface area contributed by atoms with E-state index in [1.165, 1.54) is 11.1 Å². The van der Waals surface area contributed by atoms with Crippen LogP contribution in [-0.2, 0) is 11.3 Å². The van der Waals surface area contributed by atoms with Crippen molar-refractivity contribution in [2.75, 3.05) is 13.1 Å². The minimum absolute atomic E-state index is 0.0328. The number of fused-ring (bicyclic) bond motifs is 3. The lowest BCUT2D eigenvalue weighted by atomic mass is 10.0. The van der Waals surface area contributed by atoms with Crippen molar-refractivity contribution in [3.8, 4) is 11.1 Å². The smallest absolute Gasteiger partial charge is 0.254 e. The molecular weight excluding hydrogens is 474 g/mol. The topological polar surface area (TPSA) is 60.5 Å². The van der Waals surface area contributed by atoms with E-state index in [4.69, 9.17) is 9.26 Å². The highest BCUT2D eigenvalue weighted by Gasteiger charge is 2.27. The quantitative estimate of drug-likeness (QED) is 0.272. The Kier molecular flexibility index (Phi) is 6.07. The molecule has 0 radical (unpaired) electrons. The summed E-state index contributed by atoms with van der Waals surface area (Å²) in [5.74, 6) is 0.867. The average Bonchev–Trinajstić information content (AvgIpc) is 3.38. The van der Waals surface area contributed by atoms with Gasteiger partial charge in [0.05, 0.1) is 23.4 Å². The van der Waals surface area contributed by atoms with E-state index in [1.54, 1.807) is 0 Å². The second-order valence-corrected chi connectivity index (χ2v) is 10.7. The normalized spacial score (nSPS) is 18.0. The first-order chi connectivity index (χ1) is 18.3. The molecule has 6 nitrogen and oxygen atoms in total. The number of ether oxygens (including phenoxy) is 1. The average molecular weight is 508 g/mol. The minimum Gasteiger partial charge on any atom is -0.372 e. The van der Waals surface area contributed by atoms with Crippen LogP contribution in [0.2, 0.25) is 0 Å². The molecule has 3 heterocycles. The van der Waals surface area contributed by atoms with Crippen LogP contribution in [0.1, 0.15) is 46.8 Å². The van der Waals surface area contributed by atoms with Crippen LogP contribution in [0.3, 0.4) is 0 Å². The Labute approximate surface area is 222 Å². The van der Waals surface area contributed by atoms with Crippen LogP contribution in [-0.4, -0.2) is 45.8 Å². The fraction of sp³-hybridized carbons (Fsp3) is 0.312. The third-order valence-corrected chi connectivity index (χ3v) is 7.57. The maximum atomic E-state index is 13.5. The molecule has 6 heteroatoms. The molecule has 0 spiro atoms. The highest BCUT2D eigenvalue weighted by Crippen LogP contribution is 2.36. The number of rotatable bonds is 4. The molecule has 0 bridgehead atoms. The molecule has 1 fully saturated rings. The number of hydrogen-bond acceptors (Lipinski definition) is 4. The highest BCUT2D eigenvalue weighted by molar-refractivity contribution is 6.11. The zero-order valence-electron chi connectivity index (χ0n) is 22.6. The first kappa shape index (κ1) is 24.4. The number of nitrogens with zero attached hydrogens (tertiary/aromatic N) is 3. The SMILES string of the molecule is Cc1cccc(Cn2c3ccc(C(=O)N4C[C@@H](C)O[C@@H](C)C4)cc3c3ccc(-c4c(C)noc4C)cc32)c1. The summed E-state index contributed by atoms with van der Waals surface area (Å²) in [5.41, 5.74) is 8.41. The van der Waals surface area contributed by atoms with Crippen LogP contribution >= 0.6 is 0 Å². The zero-order valence-corrected chi connectivity index (χ0v) is 22.6. The van der Waals surface area contributed by atoms with Crippen LogP contribution in [0.4, 0.5) is 0 Å². The van der Waals surface area contributed by atoms with Crippen molar-refractivity contribution in [2.24, 2.45) is 0 Å². The standard InChI is InChI=1S/C32H33N3O3/c1-19-7-6-8-24(13-19)18-35-29-12-10-26(32(36)34-16-20(2)37-21(3)17-34)14-28(29)27-11-9-25(15-30(27)35)31-22(4)33-38-23(31)5/h6-15,20-21H,16-18H2,1-5H3/t20-,21+. The molecule has 38 heavy (non-hydrogen) atoms. The summed E-state index contributed by atoms with van der Waals surface area (Å²) in [5, 5.41) is 6.38. The van der Waals surface area contributed by atoms with Gasteiger partial charge in [-0.1, -0.05) is 47.1 Å². The largest absolute Gasteiger partial charge is 0.372 e. The number of benzene rings is 3. The lowest BCUT2D eigenvalue weighted by molar-refractivity contribution is -0.0586. The van der Waals surface area contributed by atoms with Gasteiger partial charge in [-0.15, -0.1) is 0 Å². The van der Waals surface area contributed by atoms with Crippen molar-refractivity contribution >= 4 is 27.7 Å². The summed E-state index contributed by atoms with van der Waals surface area (Å²) in [6.07, 6.45) is 0.0656. The third-order valence-electron chi connectivity index (χ3n) is 7.57. The van der Waals surface area contributed by atoms with Gasteiger partial charge in [-0.25, -0.2) is 0 Å². The number of morpholine rings is 1. The predicted octanol–water partition coefficient (Wildman–Crippen LogP) is 6.67. The Balaban J connectivity index is 1.51. The summed E-state index contributed by atoms with van der Waals surface area (Å²) in [6, 6.07) is 21.3. The van der Waals surface area contributed by atoms with E-state index in [1.807, 2.05) is 38.7 Å². The molecule has 6 rings (SSSR count). The minimum atomic E-state index is 0.0328. The first-order valence-corrected chi connectivity index (χ1v) is 13.3. The number of carbonyl (C=O) groups excluding carboxylic acids is 1. The van der Waals surface area contributed by atoms with E-state index >= 15 is 0 Å². The van der Waals surface area contributed by atoms with Crippen molar-refractivity contribution in [1.29, 1.82) is 0 Å². The van der Waals surface area contributed by atoms with Crippen LogP contribution in [0, 0.1) is 20.8 Å². The van der Waals surface area contributed by atoms with Crippen LogP contribution in [0.25, 0.3) is 32.9 Å². The molecule has 194 valence electrons. The molecule has 1 aliphatic rings. The van der Waals surface area contributed by atoms with Gasteiger partial charge in [0.1, 0.15) is 5.76 Å². The van der Waals surface area contributed by atoms with Gasteiger partial charge in [-0.2, -0.15) is 0 Å². The summed E-state index contributed by atoms with van der Waals surface area (Å²) in [7, 11) is 0. The fourth-order valence-corrected chi connectivity index (χ4v) is 5.97. The molecule has 5 aromatic rings. The summed E-state index contributed by atoms with van der Waals surface area (Å²) < 4.78 is 13.7. The number of carbonyl (C=O) groups is 1. The van der Waals surface area contributed by atoms with Crippen molar-refractivity contribution < 1.29 is 14.1 Å². The maximum absolute atomic E-state index is 13.5. The van der Waals surface area contributed by atoms with Gasteiger partial charge in [0.15, 0.2) is 0 Å². The summed E-state index contributed by atoms with van der Waals surface area (Å²) in [4.78, 5) is 15.5. The van der Waals surface area contributed by atoms with Gasteiger partial charge in [-0.3, -0.25) is 4.79 Å². The van der Waals surface area contributed by atoms with Gasteiger partial charge >= 0.3 is 0 Å². The van der Waals surface area contributed by atoms with Crippen LogP contribution in [0.5, 0.6) is 0 Å². The number of aromatic nitrogens is 2. The van der Waals surface area contributed by atoms with Gasteiger partial charge in [0.2, 0.25) is 0 Å². The first-order valence-electron chi connectivity index (χ1n) is 13.3. The summed E-state index contributed by atoms with van der Waals surface area (Å²) >= 11 is 0. The molecule has 0 unspecified atom stereocenters. The van der Waals surface area contributed by atoms with Crippen molar-refractivity contribution in [2.45, 2.75) is 53.4 Å². The molecule has 1 saturated heterocycles. The van der Waals surface area contributed by atoms with Crippen LogP contribution in [0.15, 0.2) is 65.2 Å². The van der Waals surface area contributed by atoms with Gasteiger partial charge in [0.25, 0.3) is 5.91 Å². The molecule has 0 saturated carbocycles. The van der Waals surface area contributed by atoms with E-state index < -0.39 is 0 Å². The fourth-order valence-electron chi connectivity index (χ4n) is 5.97. The Bertz CT molecular complexity index is 1650. The second-order valence-electron chi connectivity index (χ2n) is 10.7. The van der Waals surface area contributed by atoms with Crippen molar-refractivity contribution in [3.63, 3.8) is 0 Å². The second kappa shape index (κ2) is 9.44. The van der Waals surface area contributed by atoms with Gasteiger partial charge in [0, 0.05) is 47.1 Å². The Morgan fingerprint density at radius 2 is 1.71 bits per heavy atom. The van der Waals surface area contributed by atoms with Crippen LogP contribution < -0.4 is 0 Å². The molecule has 0 aliphatic carbocycles. The van der Waals surface area contributed by atoms with E-state index in [0.717, 1.165) is 50.9 Å². The van der Waals surface area contributed by atoms with Crippen molar-refractivity contribution in [1.82, 2.24) is 14.6 Å². The van der Waals surface area contributed by atoms with Gasteiger partial charge in [-0.05, 0) is 70.0 Å². The van der Waals surface area contributed by atoms with E-state index in [9.17, 15) is 4.79 Å². The lowest BCUT2D eigenvalue weighted by Crippen LogP contribution is -2.48. The monoisotopic (exact) mass is 507 g/mol. The number of aryl methyl sites for hydroxylation is 3. The number of amides is 1. The Morgan fingerprint density at radius 1 is 0.921 bits per heavy atom. The zero-order chi connectivity index (χ0) is 26.6. The molecule has 2 aromatic heterocycles. The Hall–Kier alpha value is -3.90. The van der Waals surface area contributed by atoms with Gasteiger partial charge < -0.3 is 18.7 Å². The molecule has 1 aliphatic heterocycles. The van der Waals surface area contributed by atoms with E-state index in [-0.39, 0.29) is 18.1 Å². The van der Waals surface area contributed by atoms with E-state index in [2.05, 4.69) is 71.2 Å². The predicted molar refractivity (Wildman–Crippen MR) is 151 cm³/mol. The third kappa shape index (κ3) is 4.29. The summed E-state index contributed by atoms with van der Waals surface area (Å²) in [6.45, 7) is 12.0. The highest BCUT2D eigenvalue weighted by atomic mass is 16.5. The lowest BCUT2D eigenvalue weighted by Gasteiger charge is -2.35. The molecule has 3 aromatic carbocycles. The number of hydrogen-bond donors (Lipinski definition) is 0. The van der Waals surface area contributed by atoms with E-state index in [0.29, 0.717) is 18.7 Å².